The third kappa shape index (κ3) is 3.33. The van der Waals surface area contributed by atoms with Crippen molar-refractivity contribution in [3.8, 4) is 0 Å². The van der Waals surface area contributed by atoms with Crippen LogP contribution >= 0.6 is 0 Å². The fourth-order valence-corrected chi connectivity index (χ4v) is 5.95. The minimum absolute atomic E-state index is 0.237. The predicted molar refractivity (Wildman–Crippen MR) is 91.2 cm³/mol. The minimum atomic E-state index is 0.237. The van der Waals surface area contributed by atoms with Gasteiger partial charge in [-0.3, -0.25) is 0 Å². The molecule has 0 aromatic rings. The van der Waals surface area contributed by atoms with E-state index < -0.39 is 0 Å². The maximum Gasteiger partial charge on any atom is 0.0487 e. The lowest BCUT2D eigenvalue weighted by Crippen LogP contribution is -2.49. The van der Waals surface area contributed by atoms with Gasteiger partial charge in [-0.1, -0.05) is 41.0 Å². The monoisotopic (exact) mass is 294 g/mol. The molecule has 4 unspecified atom stereocenters. The van der Waals surface area contributed by atoms with E-state index in [0.717, 1.165) is 23.7 Å². The zero-order valence-electron chi connectivity index (χ0n) is 15.1. The lowest BCUT2D eigenvalue weighted by atomic mass is 9.49. The van der Waals surface area contributed by atoms with E-state index >= 15 is 0 Å². The average Bonchev–Trinajstić information content (AvgIpc) is 2.48. The van der Waals surface area contributed by atoms with Gasteiger partial charge in [0.25, 0.3) is 0 Å². The van der Waals surface area contributed by atoms with Crippen molar-refractivity contribution in [2.45, 2.75) is 86.0 Å². The maximum absolute atomic E-state index is 9.87. The summed E-state index contributed by atoms with van der Waals surface area (Å²) in [6.07, 6.45) is 11.2. The van der Waals surface area contributed by atoms with Gasteiger partial charge in [-0.15, -0.1) is 0 Å². The SMILES string of the molecule is CC.CC1(C)CCC2C(CCC3C2CCC[C@@]3(C)CO)C1. The number of hydrogen-bond donors (Lipinski definition) is 1. The summed E-state index contributed by atoms with van der Waals surface area (Å²) in [5, 5.41) is 9.87. The van der Waals surface area contributed by atoms with Crippen LogP contribution in [0, 0.1) is 34.5 Å². The van der Waals surface area contributed by atoms with E-state index in [2.05, 4.69) is 20.8 Å². The molecule has 3 aliphatic carbocycles. The molecule has 1 N–H and O–H groups in total. The molecular formula is C20H38O. The second kappa shape index (κ2) is 6.60. The van der Waals surface area contributed by atoms with Crippen molar-refractivity contribution in [3.63, 3.8) is 0 Å². The molecule has 0 radical (unpaired) electrons. The van der Waals surface area contributed by atoms with Gasteiger partial charge in [0.15, 0.2) is 0 Å². The Morgan fingerprint density at radius 1 is 0.905 bits per heavy atom. The van der Waals surface area contributed by atoms with E-state index in [0.29, 0.717) is 12.0 Å². The summed E-state index contributed by atoms with van der Waals surface area (Å²) in [7, 11) is 0. The summed E-state index contributed by atoms with van der Waals surface area (Å²) in [6.45, 7) is 11.7. The molecular weight excluding hydrogens is 256 g/mol. The van der Waals surface area contributed by atoms with Crippen molar-refractivity contribution in [1.29, 1.82) is 0 Å². The molecule has 124 valence electrons. The van der Waals surface area contributed by atoms with E-state index in [1.807, 2.05) is 13.8 Å². The Hall–Kier alpha value is -0.0400. The number of aliphatic hydroxyl groups is 1. The topological polar surface area (TPSA) is 20.2 Å². The molecule has 0 aliphatic heterocycles. The van der Waals surface area contributed by atoms with Crippen LogP contribution in [0.1, 0.15) is 86.0 Å². The third-order valence-corrected chi connectivity index (χ3v) is 7.03. The van der Waals surface area contributed by atoms with Gasteiger partial charge in [0.2, 0.25) is 0 Å². The molecule has 21 heavy (non-hydrogen) atoms. The van der Waals surface area contributed by atoms with Gasteiger partial charge in [-0.05, 0) is 79.4 Å². The van der Waals surface area contributed by atoms with Crippen molar-refractivity contribution >= 4 is 0 Å². The molecule has 5 atom stereocenters. The van der Waals surface area contributed by atoms with Crippen molar-refractivity contribution in [1.82, 2.24) is 0 Å². The fourth-order valence-electron chi connectivity index (χ4n) is 5.95. The first-order valence-electron chi connectivity index (χ1n) is 9.56. The van der Waals surface area contributed by atoms with Crippen LogP contribution in [0.15, 0.2) is 0 Å². The number of hydrogen-bond acceptors (Lipinski definition) is 1. The Bertz CT molecular complexity index is 335. The molecule has 3 saturated carbocycles. The second-order valence-corrected chi connectivity index (χ2v) is 8.88. The summed E-state index contributed by atoms with van der Waals surface area (Å²) in [5.41, 5.74) is 0.823. The first kappa shape index (κ1) is 17.3. The number of rotatable bonds is 1. The molecule has 0 heterocycles. The quantitative estimate of drug-likeness (QED) is 0.661. The van der Waals surface area contributed by atoms with Crippen LogP contribution in [0.2, 0.25) is 0 Å². The summed E-state index contributed by atoms with van der Waals surface area (Å²) in [6, 6.07) is 0. The van der Waals surface area contributed by atoms with Gasteiger partial charge in [-0.25, -0.2) is 0 Å². The van der Waals surface area contributed by atoms with Crippen molar-refractivity contribution in [2.24, 2.45) is 34.5 Å². The van der Waals surface area contributed by atoms with Gasteiger partial charge < -0.3 is 5.11 Å². The normalized spacial score (nSPS) is 44.9. The Kier molecular flexibility index (Phi) is 5.45. The molecule has 0 bridgehead atoms. The summed E-state index contributed by atoms with van der Waals surface area (Å²) in [4.78, 5) is 0. The molecule has 0 saturated heterocycles. The second-order valence-electron chi connectivity index (χ2n) is 8.88. The van der Waals surface area contributed by atoms with E-state index in [1.165, 1.54) is 51.4 Å². The lowest BCUT2D eigenvalue weighted by Gasteiger charge is -2.56. The smallest absolute Gasteiger partial charge is 0.0487 e. The third-order valence-electron chi connectivity index (χ3n) is 7.03. The van der Waals surface area contributed by atoms with Crippen molar-refractivity contribution in [2.75, 3.05) is 6.61 Å². The Morgan fingerprint density at radius 3 is 2.29 bits per heavy atom. The van der Waals surface area contributed by atoms with Crippen LogP contribution in [0.3, 0.4) is 0 Å². The molecule has 3 rings (SSSR count). The van der Waals surface area contributed by atoms with Crippen LogP contribution in [0.25, 0.3) is 0 Å². The predicted octanol–water partition coefficient (Wildman–Crippen LogP) is 5.66. The first-order chi connectivity index (χ1) is 9.95. The molecule has 3 aliphatic rings. The van der Waals surface area contributed by atoms with Crippen LogP contribution in [0.4, 0.5) is 0 Å². The van der Waals surface area contributed by atoms with E-state index in [-0.39, 0.29) is 5.41 Å². The molecule has 1 nitrogen and oxygen atoms in total. The molecule has 0 aromatic carbocycles. The van der Waals surface area contributed by atoms with Crippen LogP contribution in [-0.4, -0.2) is 11.7 Å². The zero-order valence-corrected chi connectivity index (χ0v) is 15.1. The zero-order chi connectivity index (χ0) is 15.7. The Labute approximate surface area is 132 Å². The summed E-state index contributed by atoms with van der Waals surface area (Å²) < 4.78 is 0. The molecule has 0 amide bonds. The molecule has 0 aromatic heterocycles. The van der Waals surface area contributed by atoms with Crippen LogP contribution < -0.4 is 0 Å². The van der Waals surface area contributed by atoms with Crippen molar-refractivity contribution in [3.05, 3.63) is 0 Å². The van der Waals surface area contributed by atoms with Gasteiger partial charge in [0.1, 0.15) is 0 Å². The number of aliphatic hydroxyl groups excluding tert-OH is 1. The Morgan fingerprint density at radius 2 is 1.62 bits per heavy atom. The first-order valence-corrected chi connectivity index (χ1v) is 9.56. The minimum Gasteiger partial charge on any atom is -0.396 e. The summed E-state index contributed by atoms with van der Waals surface area (Å²) in [5.74, 6) is 3.72. The highest BCUT2D eigenvalue weighted by Crippen LogP contribution is 2.59. The molecule has 1 heteroatoms. The lowest BCUT2D eigenvalue weighted by molar-refractivity contribution is -0.0820. The average molecular weight is 295 g/mol. The van der Waals surface area contributed by atoms with Gasteiger partial charge in [-0.2, -0.15) is 0 Å². The Balaban J connectivity index is 0.000000774. The summed E-state index contributed by atoms with van der Waals surface area (Å²) >= 11 is 0. The highest BCUT2D eigenvalue weighted by molar-refractivity contribution is 5.00. The van der Waals surface area contributed by atoms with Crippen LogP contribution in [-0.2, 0) is 0 Å². The van der Waals surface area contributed by atoms with E-state index in [1.54, 1.807) is 0 Å². The van der Waals surface area contributed by atoms with Crippen molar-refractivity contribution < 1.29 is 5.11 Å². The maximum atomic E-state index is 9.87. The fraction of sp³-hybridized carbons (Fsp3) is 1.00. The van der Waals surface area contributed by atoms with E-state index in [4.69, 9.17) is 0 Å². The standard InChI is InChI=1S/C18H32O.C2H6/c1-17(2)10-8-14-13(11-17)6-7-16-15(14)5-4-9-18(16,3)12-19;1-2/h13-16,19H,4-12H2,1-3H3;1-2H3/t13?,14?,15?,16?,18-;/m0./s1. The highest BCUT2D eigenvalue weighted by Gasteiger charge is 2.50. The molecule has 0 spiro atoms. The molecule has 3 fully saturated rings. The van der Waals surface area contributed by atoms with Gasteiger partial charge >= 0.3 is 0 Å². The highest BCUT2D eigenvalue weighted by atomic mass is 16.3. The van der Waals surface area contributed by atoms with E-state index in [9.17, 15) is 5.11 Å². The number of fused-ring (bicyclic) bond motifs is 3. The largest absolute Gasteiger partial charge is 0.396 e. The van der Waals surface area contributed by atoms with Gasteiger partial charge in [0.05, 0.1) is 0 Å². The van der Waals surface area contributed by atoms with Gasteiger partial charge in [0, 0.05) is 6.61 Å². The van der Waals surface area contributed by atoms with Crippen LogP contribution in [0.5, 0.6) is 0 Å².